The van der Waals surface area contributed by atoms with Gasteiger partial charge in [-0.05, 0) is 25.7 Å². The summed E-state index contributed by atoms with van der Waals surface area (Å²) in [6.45, 7) is 8.17. The van der Waals surface area contributed by atoms with E-state index in [1.165, 1.54) is 12.8 Å². The van der Waals surface area contributed by atoms with Crippen molar-refractivity contribution in [2.24, 2.45) is 5.92 Å². The summed E-state index contributed by atoms with van der Waals surface area (Å²) in [5.41, 5.74) is 0. The topological polar surface area (TPSA) is 9.23 Å². The van der Waals surface area contributed by atoms with Crippen LogP contribution in [0.5, 0.6) is 0 Å². The van der Waals surface area contributed by atoms with Crippen molar-refractivity contribution >= 4 is 0 Å². The van der Waals surface area contributed by atoms with Gasteiger partial charge in [0.2, 0.25) is 0 Å². The van der Waals surface area contributed by atoms with Crippen LogP contribution in [0.2, 0.25) is 0 Å². The second-order valence-electron chi connectivity index (χ2n) is 3.18. The molecule has 0 bridgehead atoms. The van der Waals surface area contributed by atoms with Gasteiger partial charge in [-0.25, -0.2) is 0 Å². The molecule has 0 N–H and O–H groups in total. The van der Waals surface area contributed by atoms with Gasteiger partial charge in [0.25, 0.3) is 0 Å². The third-order valence-electron chi connectivity index (χ3n) is 1.52. The first-order valence-corrected chi connectivity index (χ1v) is 4.46. The van der Waals surface area contributed by atoms with Crippen molar-refractivity contribution in [2.75, 3.05) is 13.2 Å². The molecule has 0 heterocycles. The number of allylic oxidation sites excluding steroid dienone is 1. The lowest BCUT2D eigenvalue weighted by molar-refractivity contribution is 0.154. The molecule has 0 atom stereocenters. The normalized spacial score (nSPS) is 11.6. The highest BCUT2D eigenvalue weighted by atomic mass is 16.5. The number of ether oxygens (including phenoxy) is 1. The summed E-state index contributed by atoms with van der Waals surface area (Å²) < 4.78 is 5.34. The predicted molar refractivity (Wildman–Crippen MR) is 49.7 cm³/mol. The first kappa shape index (κ1) is 10.7. The van der Waals surface area contributed by atoms with Crippen LogP contribution in [0.25, 0.3) is 0 Å². The number of hydrogen-bond acceptors (Lipinski definition) is 1. The van der Waals surface area contributed by atoms with Gasteiger partial charge in [0, 0.05) is 6.61 Å². The van der Waals surface area contributed by atoms with Gasteiger partial charge in [0.15, 0.2) is 0 Å². The number of rotatable bonds is 6. The monoisotopic (exact) mass is 156 g/mol. The van der Waals surface area contributed by atoms with Crippen LogP contribution >= 0.6 is 0 Å². The molecule has 0 amide bonds. The zero-order valence-electron chi connectivity index (χ0n) is 7.97. The fraction of sp³-hybridized carbons (Fsp3) is 0.800. The largest absolute Gasteiger partial charge is 0.377 e. The lowest BCUT2D eigenvalue weighted by Crippen LogP contribution is -1.96. The minimum absolute atomic E-state index is 0.772. The molecular formula is C10H20O. The predicted octanol–water partition coefficient (Wildman–Crippen LogP) is 3.02. The minimum atomic E-state index is 0.772. The lowest BCUT2D eigenvalue weighted by Gasteiger charge is -2.03. The molecule has 11 heavy (non-hydrogen) atoms. The van der Waals surface area contributed by atoms with Crippen LogP contribution < -0.4 is 0 Å². The van der Waals surface area contributed by atoms with Gasteiger partial charge in [0.1, 0.15) is 0 Å². The van der Waals surface area contributed by atoms with E-state index in [1.807, 2.05) is 19.1 Å². The maximum absolute atomic E-state index is 5.34. The average molecular weight is 156 g/mol. The Labute approximate surface area is 70.4 Å². The van der Waals surface area contributed by atoms with Crippen LogP contribution in [0, 0.1) is 5.92 Å². The molecule has 0 aliphatic heterocycles. The van der Waals surface area contributed by atoms with E-state index in [4.69, 9.17) is 4.74 Å². The van der Waals surface area contributed by atoms with E-state index in [1.54, 1.807) is 0 Å². The SMILES string of the molecule is C/C=C/COCCCC(C)C. The van der Waals surface area contributed by atoms with Gasteiger partial charge in [0.05, 0.1) is 6.61 Å². The zero-order chi connectivity index (χ0) is 8.53. The van der Waals surface area contributed by atoms with Gasteiger partial charge in [-0.1, -0.05) is 26.0 Å². The summed E-state index contributed by atoms with van der Waals surface area (Å²) >= 11 is 0. The maximum atomic E-state index is 5.34. The molecule has 0 rings (SSSR count). The van der Waals surface area contributed by atoms with Crippen LogP contribution in [-0.2, 0) is 4.74 Å². The summed E-state index contributed by atoms with van der Waals surface area (Å²) in [6, 6.07) is 0. The molecule has 0 aromatic heterocycles. The molecule has 0 aromatic carbocycles. The zero-order valence-corrected chi connectivity index (χ0v) is 7.97. The van der Waals surface area contributed by atoms with E-state index < -0.39 is 0 Å². The van der Waals surface area contributed by atoms with Crippen LogP contribution in [0.3, 0.4) is 0 Å². The van der Waals surface area contributed by atoms with E-state index in [0.717, 1.165) is 19.1 Å². The summed E-state index contributed by atoms with van der Waals surface area (Å²) in [4.78, 5) is 0. The number of hydrogen-bond donors (Lipinski definition) is 0. The summed E-state index contributed by atoms with van der Waals surface area (Å²) in [5.74, 6) is 0.806. The van der Waals surface area contributed by atoms with Crippen LogP contribution in [0.1, 0.15) is 33.6 Å². The molecule has 1 heteroatoms. The summed E-state index contributed by atoms with van der Waals surface area (Å²) in [7, 11) is 0. The lowest BCUT2D eigenvalue weighted by atomic mass is 10.1. The van der Waals surface area contributed by atoms with Crippen molar-refractivity contribution in [2.45, 2.75) is 33.6 Å². The smallest absolute Gasteiger partial charge is 0.0647 e. The molecule has 0 saturated heterocycles. The standard InChI is InChI=1S/C10H20O/c1-4-5-8-11-9-6-7-10(2)3/h4-5,10H,6-9H2,1-3H3/b5-4+. The highest BCUT2D eigenvalue weighted by Gasteiger charge is 1.92. The van der Waals surface area contributed by atoms with Gasteiger partial charge in [-0.15, -0.1) is 0 Å². The molecule has 1 nitrogen and oxygen atoms in total. The Hall–Kier alpha value is -0.300. The molecule has 0 aliphatic carbocycles. The van der Waals surface area contributed by atoms with Crippen LogP contribution in [0.15, 0.2) is 12.2 Å². The maximum Gasteiger partial charge on any atom is 0.0647 e. The Morgan fingerprint density at radius 2 is 2.09 bits per heavy atom. The second kappa shape index (κ2) is 7.80. The Morgan fingerprint density at radius 3 is 2.64 bits per heavy atom. The fourth-order valence-corrected chi connectivity index (χ4v) is 0.841. The van der Waals surface area contributed by atoms with E-state index in [-0.39, 0.29) is 0 Å². The van der Waals surface area contributed by atoms with E-state index in [0.29, 0.717) is 0 Å². The van der Waals surface area contributed by atoms with Crippen molar-refractivity contribution in [3.05, 3.63) is 12.2 Å². The van der Waals surface area contributed by atoms with E-state index in [2.05, 4.69) is 13.8 Å². The highest BCUT2D eigenvalue weighted by Crippen LogP contribution is 2.02. The average Bonchev–Trinajstić information content (AvgIpc) is 1.96. The Morgan fingerprint density at radius 1 is 1.36 bits per heavy atom. The molecule has 0 spiro atoms. The Bertz CT molecular complexity index is 95.0. The third-order valence-corrected chi connectivity index (χ3v) is 1.52. The van der Waals surface area contributed by atoms with Crippen molar-refractivity contribution in [1.82, 2.24) is 0 Å². The van der Waals surface area contributed by atoms with E-state index >= 15 is 0 Å². The first-order valence-electron chi connectivity index (χ1n) is 4.46. The van der Waals surface area contributed by atoms with Gasteiger partial charge < -0.3 is 4.74 Å². The molecule has 0 aromatic rings. The van der Waals surface area contributed by atoms with Gasteiger partial charge in [-0.2, -0.15) is 0 Å². The molecule has 0 saturated carbocycles. The second-order valence-corrected chi connectivity index (χ2v) is 3.18. The van der Waals surface area contributed by atoms with Crippen molar-refractivity contribution < 1.29 is 4.74 Å². The molecule has 0 radical (unpaired) electrons. The molecule has 0 fully saturated rings. The van der Waals surface area contributed by atoms with Crippen molar-refractivity contribution in [3.8, 4) is 0 Å². The Kier molecular flexibility index (Phi) is 7.59. The molecular weight excluding hydrogens is 136 g/mol. The van der Waals surface area contributed by atoms with Gasteiger partial charge >= 0.3 is 0 Å². The van der Waals surface area contributed by atoms with Crippen LogP contribution in [-0.4, -0.2) is 13.2 Å². The highest BCUT2D eigenvalue weighted by molar-refractivity contribution is 4.75. The summed E-state index contributed by atoms with van der Waals surface area (Å²) in [6.07, 6.45) is 6.52. The fourth-order valence-electron chi connectivity index (χ4n) is 0.841. The first-order chi connectivity index (χ1) is 5.27. The molecule has 66 valence electrons. The van der Waals surface area contributed by atoms with E-state index in [9.17, 15) is 0 Å². The van der Waals surface area contributed by atoms with Crippen LogP contribution in [0.4, 0.5) is 0 Å². The van der Waals surface area contributed by atoms with Crippen molar-refractivity contribution in [1.29, 1.82) is 0 Å². The third kappa shape index (κ3) is 9.70. The summed E-state index contributed by atoms with van der Waals surface area (Å²) in [5, 5.41) is 0. The minimum Gasteiger partial charge on any atom is -0.377 e. The van der Waals surface area contributed by atoms with Gasteiger partial charge in [-0.3, -0.25) is 0 Å². The quantitative estimate of drug-likeness (QED) is 0.424. The Balaban J connectivity index is 2.91. The molecule has 0 aliphatic rings. The van der Waals surface area contributed by atoms with Crippen molar-refractivity contribution in [3.63, 3.8) is 0 Å². The molecule has 0 unspecified atom stereocenters.